The molecule has 0 fully saturated rings. The van der Waals surface area contributed by atoms with Crippen LogP contribution in [-0.4, -0.2) is 23.5 Å². The Balaban J connectivity index is 4.83. The number of hydrogen-bond acceptors (Lipinski definition) is 3. The van der Waals surface area contributed by atoms with E-state index in [0.29, 0.717) is 0 Å². The summed E-state index contributed by atoms with van der Waals surface area (Å²) in [5.74, 6) is -1.90. The first-order chi connectivity index (χ1) is 6.52. The Labute approximate surface area is 79.8 Å². The Bertz CT molecular complexity index is 277. The standard InChI is InChI=1S/C6H5F6NO2/c1-3(2)4(14)15-6(9,10)5(7,8)13(11)12/h1H2,2H3. The Kier molecular flexibility index (Phi) is 3.75. The summed E-state index contributed by atoms with van der Waals surface area (Å²) >= 11 is 0. The summed E-state index contributed by atoms with van der Waals surface area (Å²) in [5.41, 5.74) is -0.630. The van der Waals surface area contributed by atoms with E-state index in [0.717, 1.165) is 6.92 Å². The average Bonchev–Trinajstić information content (AvgIpc) is 2.02. The predicted octanol–water partition coefficient (Wildman–Crippen LogP) is 2.36. The van der Waals surface area contributed by atoms with Crippen LogP contribution in [0.15, 0.2) is 12.2 Å². The molecule has 0 aliphatic heterocycles. The summed E-state index contributed by atoms with van der Waals surface area (Å²) in [6, 6.07) is -5.90. The second kappa shape index (κ2) is 4.09. The topological polar surface area (TPSA) is 29.5 Å². The number of carbonyl (C=O) groups excluding carboxylic acids is 1. The molecule has 0 saturated heterocycles. The van der Waals surface area contributed by atoms with Crippen molar-refractivity contribution < 1.29 is 36.1 Å². The van der Waals surface area contributed by atoms with Crippen molar-refractivity contribution in [3.8, 4) is 0 Å². The van der Waals surface area contributed by atoms with Gasteiger partial charge in [0.05, 0.1) is 0 Å². The lowest BCUT2D eigenvalue weighted by Crippen LogP contribution is -2.50. The normalized spacial score (nSPS) is 12.8. The van der Waals surface area contributed by atoms with Gasteiger partial charge < -0.3 is 4.74 Å². The van der Waals surface area contributed by atoms with Crippen molar-refractivity contribution in [2.24, 2.45) is 0 Å². The van der Waals surface area contributed by atoms with Crippen LogP contribution in [0.3, 0.4) is 0 Å². The Hall–Kier alpha value is -1.25. The third-order valence-corrected chi connectivity index (χ3v) is 1.13. The van der Waals surface area contributed by atoms with Crippen LogP contribution >= 0.6 is 0 Å². The smallest absolute Gasteiger partial charge is 0.391 e. The van der Waals surface area contributed by atoms with Gasteiger partial charge in [-0.1, -0.05) is 15.5 Å². The number of ether oxygens (including phenoxy) is 1. The molecule has 0 atom stereocenters. The van der Waals surface area contributed by atoms with Gasteiger partial charge in [0.25, 0.3) is 0 Å². The largest absolute Gasteiger partial charge is 0.487 e. The summed E-state index contributed by atoms with van der Waals surface area (Å²) < 4.78 is 74.3. The number of halogens is 6. The van der Waals surface area contributed by atoms with E-state index >= 15 is 0 Å². The molecule has 88 valence electrons. The van der Waals surface area contributed by atoms with Gasteiger partial charge in [-0.05, 0) is 6.92 Å². The lowest BCUT2D eigenvalue weighted by atomic mass is 10.3. The minimum atomic E-state index is -5.90. The third-order valence-electron chi connectivity index (χ3n) is 1.13. The van der Waals surface area contributed by atoms with Gasteiger partial charge in [-0.15, -0.1) is 0 Å². The molecule has 3 nitrogen and oxygen atoms in total. The van der Waals surface area contributed by atoms with Crippen molar-refractivity contribution in [3.05, 3.63) is 12.2 Å². The van der Waals surface area contributed by atoms with Gasteiger partial charge in [0.1, 0.15) is 5.34 Å². The maximum atomic E-state index is 12.3. The molecule has 0 heterocycles. The SMILES string of the molecule is C=C(C)C(=O)OC(F)(F)C(F)(F)N(F)F. The summed E-state index contributed by atoms with van der Waals surface area (Å²) in [7, 11) is 0. The Morgan fingerprint density at radius 2 is 1.67 bits per heavy atom. The Morgan fingerprint density at radius 3 is 1.93 bits per heavy atom. The maximum absolute atomic E-state index is 12.3. The summed E-state index contributed by atoms with van der Waals surface area (Å²) in [6.45, 7) is 3.70. The van der Waals surface area contributed by atoms with Crippen molar-refractivity contribution in [1.82, 2.24) is 5.34 Å². The lowest BCUT2D eigenvalue weighted by Gasteiger charge is -2.24. The number of alkyl halides is 4. The highest BCUT2D eigenvalue weighted by Gasteiger charge is 2.67. The molecule has 0 rings (SSSR count). The molecular weight excluding hydrogens is 232 g/mol. The zero-order chi connectivity index (χ0) is 12.4. The van der Waals surface area contributed by atoms with Crippen molar-refractivity contribution in [3.63, 3.8) is 0 Å². The number of carbonyl (C=O) groups is 1. The van der Waals surface area contributed by atoms with Gasteiger partial charge in [0, 0.05) is 5.57 Å². The molecule has 15 heavy (non-hydrogen) atoms. The number of hydrogen-bond donors (Lipinski definition) is 0. The first-order valence-corrected chi connectivity index (χ1v) is 3.28. The van der Waals surface area contributed by atoms with Crippen molar-refractivity contribution >= 4 is 5.97 Å². The molecule has 0 saturated carbocycles. The highest BCUT2D eigenvalue weighted by molar-refractivity contribution is 5.87. The fourth-order valence-electron chi connectivity index (χ4n) is 0.363. The van der Waals surface area contributed by atoms with Crippen LogP contribution < -0.4 is 0 Å². The zero-order valence-electron chi connectivity index (χ0n) is 7.24. The fraction of sp³-hybridized carbons (Fsp3) is 0.500. The summed E-state index contributed by atoms with van der Waals surface area (Å²) in [4.78, 5) is 10.4. The van der Waals surface area contributed by atoms with E-state index in [1.807, 2.05) is 0 Å². The maximum Gasteiger partial charge on any atom is 0.487 e. The van der Waals surface area contributed by atoms with Crippen LogP contribution in [0.2, 0.25) is 0 Å². The fourth-order valence-corrected chi connectivity index (χ4v) is 0.363. The molecule has 0 aromatic rings. The summed E-state index contributed by atoms with van der Waals surface area (Å²) in [5, 5.41) is -3.04. The minimum Gasteiger partial charge on any atom is -0.391 e. The van der Waals surface area contributed by atoms with Gasteiger partial charge >= 0.3 is 18.1 Å². The highest BCUT2D eigenvalue weighted by atomic mass is 19.4. The van der Waals surface area contributed by atoms with Crippen LogP contribution in [-0.2, 0) is 9.53 Å². The van der Waals surface area contributed by atoms with Crippen LogP contribution in [0.1, 0.15) is 6.92 Å². The molecule has 0 unspecified atom stereocenters. The van der Waals surface area contributed by atoms with Crippen LogP contribution in [0.25, 0.3) is 0 Å². The van der Waals surface area contributed by atoms with Gasteiger partial charge in [-0.2, -0.15) is 17.6 Å². The van der Waals surface area contributed by atoms with Gasteiger partial charge in [0.2, 0.25) is 0 Å². The molecule has 0 amide bonds. The van der Waals surface area contributed by atoms with E-state index in [2.05, 4.69) is 11.3 Å². The lowest BCUT2D eigenvalue weighted by molar-refractivity contribution is -0.447. The molecule has 0 aromatic carbocycles. The van der Waals surface area contributed by atoms with Crippen molar-refractivity contribution in [1.29, 1.82) is 0 Å². The molecule has 0 aromatic heterocycles. The van der Waals surface area contributed by atoms with Gasteiger partial charge in [-0.25, -0.2) is 4.79 Å². The van der Waals surface area contributed by atoms with E-state index in [9.17, 15) is 31.3 Å². The highest BCUT2D eigenvalue weighted by Crippen LogP contribution is 2.39. The first-order valence-electron chi connectivity index (χ1n) is 3.28. The van der Waals surface area contributed by atoms with E-state index < -0.39 is 29.0 Å². The minimum absolute atomic E-state index is 0.630. The van der Waals surface area contributed by atoms with Crippen molar-refractivity contribution in [2.75, 3.05) is 0 Å². The zero-order valence-corrected chi connectivity index (χ0v) is 7.24. The first kappa shape index (κ1) is 13.8. The molecule has 0 aliphatic carbocycles. The Morgan fingerprint density at radius 1 is 1.27 bits per heavy atom. The van der Waals surface area contributed by atoms with E-state index in [-0.39, 0.29) is 0 Å². The van der Waals surface area contributed by atoms with E-state index in [4.69, 9.17) is 0 Å². The van der Waals surface area contributed by atoms with E-state index in [1.54, 1.807) is 0 Å². The number of rotatable bonds is 4. The van der Waals surface area contributed by atoms with E-state index in [1.165, 1.54) is 0 Å². The van der Waals surface area contributed by atoms with Gasteiger partial charge in [-0.3, -0.25) is 0 Å². The van der Waals surface area contributed by atoms with Crippen LogP contribution in [0.5, 0.6) is 0 Å². The van der Waals surface area contributed by atoms with Crippen LogP contribution in [0.4, 0.5) is 26.5 Å². The average molecular weight is 237 g/mol. The molecule has 0 spiro atoms. The van der Waals surface area contributed by atoms with Gasteiger partial charge in [0.15, 0.2) is 0 Å². The molecular formula is C6H5F6NO2. The predicted molar refractivity (Wildman–Crippen MR) is 34.9 cm³/mol. The van der Waals surface area contributed by atoms with Crippen molar-refractivity contribution in [2.45, 2.75) is 19.1 Å². The molecule has 9 heteroatoms. The molecule has 0 bridgehead atoms. The van der Waals surface area contributed by atoms with Crippen LogP contribution in [0, 0.1) is 0 Å². The second-order valence-corrected chi connectivity index (χ2v) is 2.46. The second-order valence-electron chi connectivity index (χ2n) is 2.46. The number of esters is 1. The monoisotopic (exact) mass is 237 g/mol. The molecule has 0 aliphatic rings. The third kappa shape index (κ3) is 2.85. The summed E-state index contributed by atoms with van der Waals surface area (Å²) in [6.07, 6.45) is -5.65. The molecule has 0 N–H and O–H groups in total. The molecule has 0 radical (unpaired) electrons. The quantitative estimate of drug-likeness (QED) is 0.247. The number of nitrogens with zero attached hydrogens (tertiary/aromatic N) is 1.